The molecular weight excluding hydrogens is 607 g/mol. The smallest absolute Gasteiger partial charge is 0.266 e. The lowest BCUT2D eigenvalue weighted by atomic mass is 10.1. The zero-order chi connectivity index (χ0) is 20.5. The van der Waals surface area contributed by atoms with Gasteiger partial charge in [-0.05, 0) is 93.5 Å². The first-order chi connectivity index (χ1) is 13.9. The molecule has 0 atom stereocenters. The van der Waals surface area contributed by atoms with Crippen LogP contribution in [0.25, 0.3) is 28.7 Å². The minimum absolute atomic E-state index is 0.101. The van der Waals surface area contributed by atoms with Gasteiger partial charge in [-0.2, -0.15) is 0 Å². The van der Waals surface area contributed by atoms with Gasteiger partial charge >= 0.3 is 0 Å². The van der Waals surface area contributed by atoms with E-state index < -0.39 is 0 Å². The second-order valence-electron chi connectivity index (χ2n) is 6.61. The summed E-state index contributed by atoms with van der Waals surface area (Å²) < 4.78 is 4.35. The molecule has 1 heterocycles. The van der Waals surface area contributed by atoms with Gasteiger partial charge in [-0.1, -0.05) is 51.8 Å². The Morgan fingerprint density at radius 3 is 2.48 bits per heavy atom. The molecule has 0 aliphatic heterocycles. The average molecular weight is 622 g/mol. The van der Waals surface area contributed by atoms with Crippen LogP contribution in [0.15, 0.2) is 74.4 Å². The van der Waals surface area contributed by atoms with E-state index in [-0.39, 0.29) is 5.56 Å². The molecule has 4 rings (SSSR count). The highest BCUT2D eigenvalue weighted by molar-refractivity contribution is 14.1. The van der Waals surface area contributed by atoms with E-state index in [0.29, 0.717) is 16.7 Å². The molecule has 6 heteroatoms. The van der Waals surface area contributed by atoms with Crippen molar-refractivity contribution in [1.82, 2.24) is 9.55 Å². The SMILES string of the molecule is Cc1ccc(C=Cc2nc3ccc(I)cc3c(=O)n2-c2cc(Br)ccc2Br)cc1. The predicted molar refractivity (Wildman–Crippen MR) is 136 cm³/mol. The van der Waals surface area contributed by atoms with Gasteiger partial charge in [0.05, 0.1) is 16.6 Å². The molecule has 0 radical (unpaired) electrons. The van der Waals surface area contributed by atoms with Crippen molar-refractivity contribution in [3.8, 4) is 5.69 Å². The Bertz CT molecular complexity index is 1310. The third-order valence-corrected chi connectivity index (χ3v) is 6.34. The molecule has 29 heavy (non-hydrogen) atoms. The number of rotatable bonds is 3. The van der Waals surface area contributed by atoms with Gasteiger partial charge in [-0.15, -0.1) is 0 Å². The van der Waals surface area contributed by atoms with Crippen LogP contribution in [0.4, 0.5) is 0 Å². The van der Waals surface area contributed by atoms with Crippen LogP contribution in [0.1, 0.15) is 17.0 Å². The number of nitrogens with zero attached hydrogens (tertiary/aromatic N) is 2. The van der Waals surface area contributed by atoms with E-state index in [1.54, 1.807) is 4.57 Å². The maximum absolute atomic E-state index is 13.5. The van der Waals surface area contributed by atoms with Gasteiger partial charge in [0.15, 0.2) is 0 Å². The normalized spacial score (nSPS) is 11.4. The Morgan fingerprint density at radius 1 is 0.966 bits per heavy atom. The third-order valence-electron chi connectivity index (χ3n) is 4.51. The summed E-state index contributed by atoms with van der Waals surface area (Å²) in [6, 6.07) is 19.7. The highest BCUT2D eigenvalue weighted by Crippen LogP contribution is 2.26. The van der Waals surface area contributed by atoms with Crippen LogP contribution in [0.2, 0.25) is 0 Å². The summed E-state index contributed by atoms with van der Waals surface area (Å²) in [4.78, 5) is 18.3. The van der Waals surface area contributed by atoms with Crippen LogP contribution in [0.5, 0.6) is 0 Å². The Morgan fingerprint density at radius 2 is 1.72 bits per heavy atom. The highest BCUT2D eigenvalue weighted by Gasteiger charge is 2.14. The van der Waals surface area contributed by atoms with E-state index in [9.17, 15) is 4.79 Å². The Labute approximate surface area is 198 Å². The molecule has 0 unspecified atom stereocenters. The second kappa shape index (κ2) is 8.53. The number of hydrogen-bond donors (Lipinski definition) is 0. The fourth-order valence-corrected chi connectivity index (χ4v) is 4.29. The molecule has 3 aromatic carbocycles. The van der Waals surface area contributed by atoms with Crippen LogP contribution in [-0.4, -0.2) is 9.55 Å². The van der Waals surface area contributed by atoms with Crippen molar-refractivity contribution in [3.63, 3.8) is 0 Å². The van der Waals surface area contributed by atoms with Crippen molar-refractivity contribution in [2.75, 3.05) is 0 Å². The molecule has 0 amide bonds. The zero-order valence-electron chi connectivity index (χ0n) is 15.4. The molecule has 1 aromatic heterocycles. The third kappa shape index (κ3) is 4.39. The topological polar surface area (TPSA) is 34.9 Å². The number of halogens is 3. The molecule has 0 saturated heterocycles. The standard InChI is InChI=1S/C23H15Br2IN2O/c1-14-2-4-15(5-3-14)6-11-22-27-20-10-8-17(26)13-18(20)23(29)28(22)21-12-16(24)7-9-19(21)25/h2-13H,1H3. The van der Waals surface area contributed by atoms with E-state index in [2.05, 4.69) is 73.5 Å². The lowest BCUT2D eigenvalue weighted by Crippen LogP contribution is -2.22. The number of benzene rings is 3. The lowest BCUT2D eigenvalue weighted by molar-refractivity contribution is 0.938. The molecular formula is C23H15Br2IN2O. The van der Waals surface area contributed by atoms with Crippen LogP contribution in [0, 0.1) is 10.5 Å². The maximum atomic E-state index is 13.5. The fourth-order valence-electron chi connectivity index (χ4n) is 3.03. The molecule has 0 spiro atoms. The summed E-state index contributed by atoms with van der Waals surface area (Å²) in [5, 5.41) is 0.594. The van der Waals surface area contributed by atoms with Crippen LogP contribution < -0.4 is 5.56 Å². The summed E-state index contributed by atoms with van der Waals surface area (Å²) in [5.41, 5.74) is 3.57. The summed E-state index contributed by atoms with van der Waals surface area (Å²) in [6.45, 7) is 2.06. The van der Waals surface area contributed by atoms with E-state index in [4.69, 9.17) is 4.98 Å². The number of aromatic nitrogens is 2. The summed E-state index contributed by atoms with van der Waals surface area (Å²) >= 11 is 9.31. The highest BCUT2D eigenvalue weighted by atomic mass is 127. The fraction of sp³-hybridized carbons (Fsp3) is 0.0435. The molecule has 0 fully saturated rings. The second-order valence-corrected chi connectivity index (χ2v) is 9.63. The molecule has 144 valence electrons. The molecule has 0 aliphatic carbocycles. The number of aryl methyl sites for hydroxylation is 1. The molecule has 4 aromatic rings. The van der Waals surface area contributed by atoms with Crippen molar-refractivity contribution in [2.45, 2.75) is 6.92 Å². The van der Waals surface area contributed by atoms with Gasteiger partial charge in [0.25, 0.3) is 5.56 Å². The zero-order valence-corrected chi connectivity index (χ0v) is 20.7. The van der Waals surface area contributed by atoms with Crippen LogP contribution in [0.3, 0.4) is 0 Å². The van der Waals surface area contributed by atoms with Gasteiger partial charge in [0, 0.05) is 12.5 Å². The van der Waals surface area contributed by atoms with Gasteiger partial charge < -0.3 is 0 Å². The van der Waals surface area contributed by atoms with E-state index in [0.717, 1.165) is 23.8 Å². The van der Waals surface area contributed by atoms with Crippen LogP contribution >= 0.6 is 54.5 Å². The van der Waals surface area contributed by atoms with E-state index in [1.165, 1.54) is 5.56 Å². The summed E-state index contributed by atoms with van der Waals surface area (Å²) in [6.07, 6.45) is 3.86. The Kier molecular flexibility index (Phi) is 6.03. The minimum atomic E-state index is -0.101. The molecule has 0 aliphatic rings. The Balaban J connectivity index is 1.99. The number of hydrogen-bond acceptors (Lipinski definition) is 2. The molecule has 3 nitrogen and oxygen atoms in total. The first kappa shape index (κ1) is 20.5. The van der Waals surface area contributed by atoms with Crippen molar-refractivity contribution in [2.24, 2.45) is 0 Å². The largest absolute Gasteiger partial charge is 0.268 e. The lowest BCUT2D eigenvalue weighted by Gasteiger charge is -2.13. The van der Waals surface area contributed by atoms with Gasteiger partial charge in [-0.3, -0.25) is 9.36 Å². The summed E-state index contributed by atoms with van der Waals surface area (Å²) in [7, 11) is 0. The predicted octanol–water partition coefficient (Wildman–Crippen LogP) is 6.99. The van der Waals surface area contributed by atoms with Gasteiger partial charge in [-0.25, -0.2) is 4.98 Å². The van der Waals surface area contributed by atoms with Gasteiger partial charge in [0.1, 0.15) is 5.82 Å². The van der Waals surface area contributed by atoms with E-state index in [1.807, 2.05) is 60.7 Å². The summed E-state index contributed by atoms with van der Waals surface area (Å²) in [5.74, 6) is 0.572. The Hall–Kier alpha value is -1.77. The number of fused-ring (bicyclic) bond motifs is 1. The van der Waals surface area contributed by atoms with Crippen LogP contribution in [-0.2, 0) is 0 Å². The monoisotopic (exact) mass is 620 g/mol. The van der Waals surface area contributed by atoms with E-state index >= 15 is 0 Å². The first-order valence-corrected chi connectivity index (χ1v) is 11.5. The molecule has 0 saturated carbocycles. The van der Waals surface area contributed by atoms with Crippen molar-refractivity contribution in [3.05, 3.63) is 100 Å². The molecule has 0 bridgehead atoms. The van der Waals surface area contributed by atoms with Crippen molar-refractivity contribution in [1.29, 1.82) is 0 Å². The van der Waals surface area contributed by atoms with Crippen molar-refractivity contribution >= 4 is 77.5 Å². The average Bonchev–Trinajstić information content (AvgIpc) is 2.70. The first-order valence-electron chi connectivity index (χ1n) is 8.85. The molecule has 0 N–H and O–H groups in total. The maximum Gasteiger partial charge on any atom is 0.266 e. The quantitative estimate of drug-likeness (QED) is 0.231. The van der Waals surface area contributed by atoms with Crippen molar-refractivity contribution < 1.29 is 0 Å². The minimum Gasteiger partial charge on any atom is -0.268 e. The van der Waals surface area contributed by atoms with Gasteiger partial charge in [0.2, 0.25) is 0 Å².